The second-order valence-corrected chi connectivity index (χ2v) is 4.99. The Kier molecular flexibility index (Phi) is 3.30. The predicted octanol–water partition coefficient (Wildman–Crippen LogP) is 2.60. The number of aryl methyl sites for hydroxylation is 3. The number of rotatable bonds is 3. The summed E-state index contributed by atoms with van der Waals surface area (Å²) >= 11 is 3.52. The number of halogens is 1. The van der Waals surface area contributed by atoms with Crippen LogP contribution in [0.2, 0.25) is 0 Å². The molecule has 0 unspecified atom stereocenters. The summed E-state index contributed by atoms with van der Waals surface area (Å²) in [4.78, 5) is 4.61. The predicted molar refractivity (Wildman–Crippen MR) is 69.7 cm³/mol. The molecule has 3 nitrogen and oxygen atoms in total. The van der Waals surface area contributed by atoms with Crippen molar-refractivity contribution in [2.24, 2.45) is 5.73 Å². The number of aromatic nitrogens is 2. The van der Waals surface area contributed by atoms with Crippen LogP contribution < -0.4 is 5.73 Å². The first-order valence-electron chi connectivity index (χ1n) is 5.47. The van der Waals surface area contributed by atoms with Crippen molar-refractivity contribution < 1.29 is 0 Å². The minimum atomic E-state index is 0.722. The molecule has 0 amide bonds. The largest absolute Gasteiger partial charge is 0.330 e. The van der Waals surface area contributed by atoms with Gasteiger partial charge >= 0.3 is 0 Å². The highest BCUT2D eigenvalue weighted by Gasteiger charge is 2.10. The minimum Gasteiger partial charge on any atom is -0.330 e. The van der Waals surface area contributed by atoms with Gasteiger partial charge in [-0.05, 0) is 60.8 Å². The molecule has 86 valence electrons. The summed E-state index contributed by atoms with van der Waals surface area (Å²) in [5.74, 6) is 0. The average Bonchev–Trinajstić information content (AvgIpc) is 2.53. The van der Waals surface area contributed by atoms with Crippen molar-refractivity contribution >= 4 is 21.6 Å². The lowest BCUT2D eigenvalue weighted by Crippen LogP contribution is -2.03. The molecule has 0 radical (unpaired) electrons. The van der Waals surface area contributed by atoms with E-state index in [0.717, 1.165) is 35.2 Å². The van der Waals surface area contributed by atoms with Crippen molar-refractivity contribution in [1.82, 2.24) is 9.38 Å². The molecule has 0 spiro atoms. The number of pyridine rings is 1. The van der Waals surface area contributed by atoms with Gasteiger partial charge in [0.05, 0.1) is 5.69 Å². The number of hydrogen-bond acceptors (Lipinski definition) is 2. The SMILES string of the molecule is Cc1nc2c(C)cc(Br)cn2c1CCCN. The molecular weight excluding hydrogens is 266 g/mol. The Labute approximate surface area is 104 Å². The van der Waals surface area contributed by atoms with Gasteiger partial charge in [-0.25, -0.2) is 4.98 Å². The number of nitrogens with zero attached hydrogens (tertiary/aromatic N) is 2. The molecule has 0 aliphatic rings. The average molecular weight is 282 g/mol. The van der Waals surface area contributed by atoms with E-state index in [2.05, 4.69) is 51.4 Å². The topological polar surface area (TPSA) is 43.3 Å². The third-order valence-corrected chi connectivity index (χ3v) is 3.22. The molecule has 0 bridgehead atoms. The molecule has 0 aromatic carbocycles. The van der Waals surface area contributed by atoms with Gasteiger partial charge in [-0.3, -0.25) is 0 Å². The molecule has 16 heavy (non-hydrogen) atoms. The Bertz CT molecular complexity index is 516. The molecule has 0 fully saturated rings. The Morgan fingerprint density at radius 1 is 1.44 bits per heavy atom. The second-order valence-electron chi connectivity index (χ2n) is 4.07. The summed E-state index contributed by atoms with van der Waals surface area (Å²) in [5.41, 5.74) is 10.2. The summed E-state index contributed by atoms with van der Waals surface area (Å²) < 4.78 is 3.26. The third-order valence-electron chi connectivity index (χ3n) is 2.79. The van der Waals surface area contributed by atoms with Crippen molar-refractivity contribution in [2.45, 2.75) is 26.7 Å². The summed E-state index contributed by atoms with van der Waals surface area (Å²) in [6.07, 6.45) is 4.06. The van der Waals surface area contributed by atoms with Gasteiger partial charge < -0.3 is 10.1 Å². The Morgan fingerprint density at radius 3 is 2.88 bits per heavy atom. The highest BCUT2D eigenvalue weighted by atomic mass is 79.9. The van der Waals surface area contributed by atoms with Crippen LogP contribution in [-0.4, -0.2) is 15.9 Å². The molecule has 2 aromatic rings. The molecule has 4 heteroatoms. The number of hydrogen-bond donors (Lipinski definition) is 1. The van der Waals surface area contributed by atoms with Crippen molar-refractivity contribution in [3.05, 3.63) is 33.7 Å². The van der Waals surface area contributed by atoms with E-state index < -0.39 is 0 Å². The first kappa shape index (κ1) is 11.6. The maximum Gasteiger partial charge on any atom is 0.140 e. The van der Waals surface area contributed by atoms with Crippen molar-refractivity contribution in [2.75, 3.05) is 6.54 Å². The summed E-state index contributed by atoms with van der Waals surface area (Å²) in [6.45, 7) is 4.87. The fraction of sp³-hybridized carbons (Fsp3) is 0.417. The van der Waals surface area contributed by atoms with Gasteiger partial charge in [0.25, 0.3) is 0 Å². The first-order valence-corrected chi connectivity index (χ1v) is 6.26. The van der Waals surface area contributed by atoms with Crippen LogP contribution >= 0.6 is 15.9 Å². The molecular formula is C12H16BrN3. The lowest BCUT2D eigenvalue weighted by Gasteiger charge is -2.04. The van der Waals surface area contributed by atoms with Gasteiger partial charge in [-0.1, -0.05) is 0 Å². The zero-order valence-corrected chi connectivity index (χ0v) is 11.2. The number of fused-ring (bicyclic) bond motifs is 1. The van der Waals surface area contributed by atoms with Gasteiger partial charge in [0.1, 0.15) is 5.65 Å². The van der Waals surface area contributed by atoms with E-state index in [4.69, 9.17) is 5.73 Å². The zero-order valence-electron chi connectivity index (χ0n) is 9.63. The van der Waals surface area contributed by atoms with Gasteiger partial charge in [0.15, 0.2) is 0 Å². The van der Waals surface area contributed by atoms with Crippen LogP contribution in [0.3, 0.4) is 0 Å². The Balaban J connectivity index is 2.59. The van der Waals surface area contributed by atoms with Crippen LogP contribution in [-0.2, 0) is 6.42 Å². The Hall–Kier alpha value is -0.870. The molecule has 2 heterocycles. The Morgan fingerprint density at radius 2 is 2.19 bits per heavy atom. The van der Waals surface area contributed by atoms with Crippen LogP contribution in [0.15, 0.2) is 16.7 Å². The smallest absolute Gasteiger partial charge is 0.140 e. The van der Waals surface area contributed by atoms with Gasteiger partial charge in [-0.2, -0.15) is 0 Å². The van der Waals surface area contributed by atoms with Gasteiger partial charge in [0.2, 0.25) is 0 Å². The maximum atomic E-state index is 5.56. The summed E-state index contributed by atoms with van der Waals surface area (Å²) in [6, 6.07) is 2.09. The van der Waals surface area contributed by atoms with E-state index in [9.17, 15) is 0 Å². The molecule has 2 aromatic heterocycles. The van der Waals surface area contributed by atoms with Crippen LogP contribution in [0.25, 0.3) is 5.65 Å². The van der Waals surface area contributed by atoms with E-state index in [1.807, 2.05) is 0 Å². The third kappa shape index (κ3) is 1.99. The van der Waals surface area contributed by atoms with Crippen LogP contribution in [0, 0.1) is 13.8 Å². The molecule has 2 rings (SSSR count). The van der Waals surface area contributed by atoms with Gasteiger partial charge in [0, 0.05) is 16.4 Å². The molecule has 0 saturated carbocycles. The highest BCUT2D eigenvalue weighted by molar-refractivity contribution is 9.10. The summed E-state index contributed by atoms with van der Waals surface area (Å²) in [7, 11) is 0. The molecule has 0 saturated heterocycles. The number of nitrogens with two attached hydrogens (primary N) is 1. The highest BCUT2D eigenvalue weighted by Crippen LogP contribution is 2.21. The quantitative estimate of drug-likeness (QED) is 0.940. The van der Waals surface area contributed by atoms with Crippen LogP contribution in [0.5, 0.6) is 0 Å². The van der Waals surface area contributed by atoms with E-state index in [1.165, 1.54) is 11.3 Å². The first-order chi connectivity index (χ1) is 7.63. The second kappa shape index (κ2) is 4.55. The lowest BCUT2D eigenvalue weighted by atomic mass is 10.2. The molecule has 2 N–H and O–H groups in total. The van der Waals surface area contributed by atoms with E-state index in [-0.39, 0.29) is 0 Å². The lowest BCUT2D eigenvalue weighted by molar-refractivity contribution is 0.795. The van der Waals surface area contributed by atoms with E-state index >= 15 is 0 Å². The van der Waals surface area contributed by atoms with Crippen LogP contribution in [0.1, 0.15) is 23.4 Å². The van der Waals surface area contributed by atoms with E-state index in [0.29, 0.717) is 0 Å². The van der Waals surface area contributed by atoms with E-state index in [1.54, 1.807) is 0 Å². The molecule has 0 aliphatic carbocycles. The normalized spacial score (nSPS) is 11.2. The fourth-order valence-electron chi connectivity index (χ4n) is 2.00. The van der Waals surface area contributed by atoms with Crippen molar-refractivity contribution in [3.63, 3.8) is 0 Å². The number of imidazole rings is 1. The minimum absolute atomic E-state index is 0.722. The summed E-state index contributed by atoms with van der Waals surface area (Å²) in [5, 5.41) is 0. The zero-order chi connectivity index (χ0) is 11.7. The molecule has 0 aliphatic heterocycles. The van der Waals surface area contributed by atoms with Crippen molar-refractivity contribution in [1.29, 1.82) is 0 Å². The molecule has 0 atom stereocenters. The van der Waals surface area contributed by atoms with Crippen LogP contribution in [0.4, 0.5) is 0 Å². The fourth-order valence-corrected chi connectivity index (χ4v) is 2.55. The monoisotopic (exact) mass is 281 g/mol. The standard InChI is InChI=1S/C12H16BrN3/c1-8-6-10(13)7-16-11(4-3-5-14)9(2)15-12(8)16/h6-7H,3-5,14H2,1-2H3. The van der Waals surface area contributed by atoms with Crippen molar-refractivity contribution in [3.8, 4) is 0 Å². The maximum absolute atomic E-state index is 5.56. The van der Waals surface area contributed by atoms with Gasteiger partial charge in [-0.15, -0.1) is 0 Å².